The Bertz CT molecular complexity index is 1530. The number of halogens is 6. The normalized spacial score (nSPS) is 15.4. The Morgan fingerprint density at radius 1 is 0.978 bits per heavy atom. The average molecular weight is 660 g/mol. The van der Waals surface area contributed by atoms with E-state index in [2.05, 4.69) is 20.4 Å². The highest BCUT2D eigenvalue weighted by molar-refractivity contribution is 5.81. The lowest BCUT2D eigenvalue weighted by Crippen LogP contribution is -2.52. The zero-order valence-corrected chi connectivity index (χ0v) is 24.7. The van der Waals surface area contributed by atoms with Crippen LogP contribution in [0.15, 0.2) is 47.7 Å². The van der Waals surface area contributed by atoms with E-state index in [9.17, 15) is 41.0 Å². The van der Waals surface area contributed by atoms with E-state index in [0.717, 1.165) is 6.20 Å². The molecule has 0 aliphatic carbocycles. The number of methoxy groups -OCH3 is 1. The van der Waals surface area contributed by atoms with Gasteiger partial charge in [0.2, 0.25) is 5.95 Å². The Labute approximate surface area is 258 Å². The summed E-state index contributed by atoms with van der Waals surface area (Å²) in [5.41, 5.74) is -3.77. The van der Waals surface area contributed by atoms with Gasteiger partial charge < -0.3 is 29.7 Å². The van der Waals surface area contributed by atoms with Crippen LogP contribution >= 0.6 is 0 Å². The summed E-state index contributed by atoms with van der Waals surface area (Å²) in [7, 11) is 1.47. The van der Waals surface area contributed by atoms with Gasteiger partial charge in [0.1, 0.15) is 11.3 Å². The summed E-state index contributed by atoms with van der Waals surface area (Å²) in [6.07, 6.45) is -8.88. The SMILES string of the molecule is COc1ccc(Cn2ncc(N[C@@H](C)COCC(O)C(=O)N3CCN(c4ncc(C(F)(F)F)cn4)CC3)c(C(F)(F)F)c2=O)cc1. The second-order valence-electron chi connectivity index (χ2n) is 10.4. The number of carbonyl (C=O) groups is 1. The Morgan fingerprint density at radius 2 is 1.61 bits per heavy atom. The Morgan fingerprint density at radius 3 is 2.17 bits per heavy atom. The van der Waals surface area contributed by atoms with Gasteiger partial charge in [-0.25, -0.2) is 14.6 Å². The zero-order valence-electron chi connectivity index (χ0n) is 24.7. The molecule has 1 unspecified atom stereocenters. The molecule has 1 amide bonds. The molecule has 250 valence electrons. The molecule has 0 radical (unpaired) electrons. The second-order valence-corrected chi connectivity index (χ2v) is 10.4. The molecule has 1 saturated heterocycles. The zero-order chi connectivity index (χ0) is 33.6. The minimum Gasteiger partial charge on any atom is -0.497 e. The molecule has 1 aliphatic rings. The van der Waals surface area contributed by atoms with Gasteiger partial charge in [0.05, 0.1) is 44.3 Å². The van der Waals surface area contributed by atoms with E-state index in [1.54, 1.807) is 29.2 Å². The summed E-state index contributed by atoms with van der Waals surface area (Å²) in [5, 5.41) is 16.8. The first-order chi connectivity index (χ1) is 21.7. The van der Waals surface area contributed by atoms with Gasteiger partial charge in [0.15, 0.2) is 6.10 Å². The van der Waals surface area contributed by atoms with E-state index in [0.29, 0.717) is 28.4 Å². The van der Waals surface area contributed by atoms with E-state index in [1.165, 1.54) is 18.9 Å². The number of piperazine rings is 1. The number of nitrogens with zero attached hydrogens (tertiary/aromatic N) is 6. The molecular weight excluding hydrogens is 628 g/mol. The van der Waals surface area contributed by atoms with Crippen molar-refractivity contribution in [3.63, 3.8) is 0 Å². The summed E-state index contributed by atoms with van der Waals surface area (Å²) in [6.45, 7) is 1.29. The highest BCUT2D eigenvalue weighted by atomic mass is 19.4. The number of carbonyl (C=O) groups excluding carboxylic acids is 1. The van der Waals surface area contributed by atoms with E-state index in [-0.39, 0.29) is 45.3 Å². The first-order valence-electron chi connectivity index (χ1n) is 13.9. The van der Waals surface area contributed by atoms with Crippen LogP contribution in [0.2, 0.25) is 0 Å². The van der Waals surface area contributed by atoms with Crippen molar-refractivity contribution in [2.45, 2.75) is 38.0 Å². The Hall–Kier alpha value is -4.45. The van der Waals surface area contributed by atoms with E-state index < -0.39 is 59.4 Å². The largest absolute Gasteiger partial charge is 0.497 e. The smallest absolute Gasteiger partial charge is 0.423 e. The predicted molar refractivity (Wildman–Crippen MR) is 151 cm³/mol. The molecule has 1 aliphatic heterocycles. The molecule has 3 heterocycles. The van der Waals surface area contributed by atoms with Crippen LogP contribution in [0.1, 0.15) is 23.6 Å². The maximum absolute atomic E-state index is 13.9. The van der Waals surface area contributed by atoms with E-state index >= 15 is 0 Å². The number of alkyl halides is 6. The summed E-state index contributed by atoms with van der Waals surface area (Å²) >= 11 is 0. The second kappa shape index (κ2) is 14.3. The lowest BCUT2D eigenvalue weighted by Gasteiger charge is -2.35. The fraction of sp³-hybridized carbons (Fsp3) is 0.464. The molecule has 2 atom stereocenters. The van der Waals surface area contributed by atoms with Crippen molar-refractivity contribution in [1.29, 1.82) is 0 Å². The average Bonchev–Trinajstić information content (AvgIpc) is 3.01. The number of amides is 1. The van der Waals surface area contributed by atoms with Gasteiger partial charge in [-0.05, 0) is 24.6 Å². The monoisotopic (exact) mass is 659 g/mol. The van der Waals surface area contributed by atoms with Gasteiger partial charge in [-0.2, -0.15) is 31.4 Å². The van der Waals surface area contributed by atoms with Crippen LogP contribution in [0.5, 0.6) is 5.75 Å². The minimum atomic E-state index is -4.99. The third-order valence-corrected chi connectivity index (χ3v) is 6.99. The van der Waals surface area contributed by atoms with Crippen molar-refractivity contribution < 1.29 is 45.7 Å². The van der Waals surface area contributed by atoms with Crippen molar-refractivity contribution in [3.8, 4) is 5.75 Å². The lowest BCUT2D eigenvalue weighted by molar-refractivity contribution is -0.144. The summed E-state index contributed by atoms with van der Waals surface area (Å²) in [6, 6.07) is 5.63. The molecular formula is C28H31F6N7O5. The number of benzene rings is 1. The van der Waals surface area contributed by atoms with Crippen LogP contribution in [0, 0.1) is 0 Å². The molecule has 46 heavy (non-hydrogen) atoms. The quantitative estimate of drug-likeness (QED) is 0.296. The van der Waals surface area contributed by atoms with Gasteiger partial charge in [-0.1, -0.05) is 12.1 Å². The first-order valence-corrected chi connectivity index (χ1v) is 13.9. The van der Waals surface area contributed by atoms with Gasteiger partial charge >= 0.3 is 12.4 Å². The van der Waals surface area contributed by atoms with Crippen LogP contribution < -0.4 is 20.5 Å². The number of hydrogen-bond acceptors (Lipinski definition) is 10. The number of ether oxygens (including phenoxy) is 2. The maximum Gasteiger partial charge on any atom is 0.423 e. The number of nitrogens with one attached hydrogen (secondary N) is 1. The van der Waals surface area contributed by atoms with Crippen LogP contribution in [-0.2, 0) is 28.4 Å². The minimum absolute atomic E-state index is 0.0731. The van der Waals surface area contributed by atoms with Crippen molar-refractivity contribution in [2.24, 2.45) is 0 Å². The van der Waals surface area contributed by atoms with Gasteiger partial charge in [0.25, 0.3) is 11.5 Å². The Kier molecular flexibility index (Phi) is 10.7. The standard InChI is InChI=1S/C28H31F6N7O5/c1-17(38-21-13-37-41(25(44)23(21)28(32,33)34)14-18-3-5-20(45-2)6-4-18)15-46-16-22(42)24(43)39-7-9-40(10-8-39)26-35-11-19(12-36-26)27(29,30)31/h3-6,11-13,17,22,38,42H,7-10,14-16H2,1-2H3/t17-,22?/m0/s1. The Balaban J connectivity index is 1.27. The number of anilines is 2. The number of aliphatic hydroxyl groups excluding tert-OH is 1. The third-order valence-electron chi connectivity index (χ3n) is 6.99. The molecule has 3 aromatic rings. The molecule has 1 aromatic carbocycles. The topological polar surface area (TPSA) is 135 Å². The van der Waals surface area contributed by atoms with Gasteiger partial charge in [-0.15, -0.1) is 0 Å². The molecule has 4 rings (SSSR count). The molecule has 2 aromatic heterocycles. The number of hydrogen-bond donors (Lipinski definition) is 2. The van der Waals surface area contributed by atoms with Crippen molar-refractivity contribution >= 4 is 17.5 Å². The highest BCUT2D eigenvalue weighted by Crippen LogP contribution is 2.32. The summed E-state index contributed by atoms with van der Waals surface area (Å²) in [4.78, 5) is 35.9. The molecule has 0 saturated carbocycles. The highest BCUT2D eigenvalue weighted by Gasteiger charge is 2.38. The molecule has 18 heteroatoms. The maximum atomic E-state index is 13.9. The number of aromatic nitrogens is 4. The molecule has 0 bridgehead atoms. The van der Waals surface area contributed by atoms with Crippen LogP contribution in [0.4, 0.5) is 38.0 Å². The van der Waals surface area contributed by atoms with Crippen molar-refractivity contribution in [3.05, 3.63) is 69.9 Å². The number of aliphatic hydroxyl groups is 1. The summed E-state index contributed by atoms with van der Waals surface area (Å²) < 4.78 is 91.1. The van der Waals surface area contributed by atoms with Crippen molar-refractivity contribution in [1.82, 2.24) is 24.6 Å². The van der Waals surface area contributed by atoms with Crippen LogP contribution in [0.25, 0.3) is 0 Å². The third kappa shape index (κ3) is 8.63. The summed E-state index contributed by atoms with van der Waals surface area (Å²) in [5.74, 6) is -0.0394. The van der Waals surface area contributed by atoms with Crippen LogP contribution in [0.3, 0.4) is 0 Å². The fourth-order valence-electron chi connectivity index (χ4n) is 4.59. The molecule has 12 nitrogen and oxygen atoms in total. The molecule has 2 N–H and O–H groups in total. The van der Waals surface area contributed by atoms with E-state index in [1.807, 2.05) is 0 Å². The molecule has 1 fully saturated rings. The first kappa shape index (κ1) is 34.4. The van der Waals surface area contributed by atoms with Gasteiger partial charge in [-0.3, -0.25) is 9.59 Å². The van der Waals surface area contributed by atoms with Crippen molar-refractivity contribution in [2.75, 3.05) is 56.7 Å². The predicted octanol–water partition coefficient (Wildman–Crippen LogP) is 2.65. The fourth-order valence-corrected chi connectivity index (χ4v) is 4.59. The molecule has 0 spiro atoms. The van der Waals surface area contributed by atoms with E-state index in [4.69, 9.17) is 9.47 Å². The number of rotatable bonds is 11. The van der Waals surface area contributed by atoms with Gasteiger partial charge in [0, 0.05) is 44.6 Å². The lowest BCUT2D eigenvalue weighted by atomic mass is 10.2. The van der Waals surface area contributed by atoms with Crippen LogP contribution in [-0.4, -0.2) is 94.3 Å².